The summed E-state index contributed by atoms with van der Waals surface area (Å²) < 4.78 is 11.6. The molecule has 0 spiro atoms. The number of H-pyrrole nitrogens is 1. The Morgan fingerprint density at radius 2 is 1.97 bits per heavy atom. The Labute approximate surface area is 169 Å². The first kappa shape index (κ1) is 18.0. The van der Waals surface area contributed by atoms with Gasteiger partial charge in [-0.15, -0.1) is 0 Å². The van der Waals surface area contributed by atoms with Gasteiger partial charge in [-0.3, -0.25) is 4.79 Å². The summed E-state index contributed by atoms with van der Waals surface area (Å²) in [6.45, 7) is 2.15. The summed E-state index contributed by atoms with van der Waals surface area (Å²) in [5, 5.41) is 0. The van der Waals surface area contributed by atoms with Crippen LogP contribution in [0.1, 0.15) is 43.1 Å². The number of aromatic amines is 1. The standard InChI is InChI=1S/C23H25N3O3/c27-23(11-10-22-24-17-5-1-2-6-18(17)25-22)26-12-3-7-19(26)16-8-9-20-21(15-16)29-14-4-13-28-20/h1-2,5-6,8-9,15,19H,3-4,7,10-14H2,(H,24,25)/t19-/m0/s1. The maximum atomic E-state index is 13.0. The molecule has 5 rings (SSSR count). The van der Waals surface area contributed by atoms with Crippen molar-refractivity contribution in [2.24, 2.45) is 0 Å². The lowest BCUT2D eigenvalue weighted by Crippen LogP contribution is -2.30. The number of carbonyl (C=O) groups is 1. The van der Waals surface area contributed by atoms with Crippen molar-refractivity contribution < 1.29 is 14.3 Å². The molecule has 3 heterocycles. The normalized spacial score (nSPS) is 18.8. The zero-order chi connectivity index (χ0) is 19.6. The number of hydrogen-bond donors (Lipinski definition) is 1. The van der Waals surface area contributed by atoms with Gasteiger partial charge >= 0.3 is 0 Å². The van der Waals surface area contributed by atoms with Gasteiger partial charge in [0, 0.05) is 25.8 Å². The molecule has 2 aliphatic rings. The molecule has 29 heavy (non-hydrogen) atoms. The summed E-state index contributed by atoms with van der Waals surface area (Å²) in [5.74, 6) is 2.64. The molecule has 0 saturated carbocycles. The van der Waals surface area contributed by atoms with Crippen LogP contribution in [0.2, 0.25) is 0 Å². The van der Waals surface area contributed by atoms with Crippen LogP contribution in [0.3, 0.4) is 0 Å². The van der Waals surface area contributed by atoms with E-state index in [0.29, 0.717) is 26.1 Å². The highest BCUT2D eigenvalue weighted by atomic mass is 16.5. The number of carbonyl (C=O) groups excluding carboxylic acids is 1. The van der Waals surface area contributed by atoms with Crippen LogP contribution < -0.4 is 9.47 Å². The minimum Gasteiger partial charge on any atom is -0.490 e. The minimum absolute atomic E-state index is 0.107. The van der Waals surface area contributed by atoms with Crippen molar-refractivity contribution in [2.75, 3.05) is 19.8 Å². The largest absolute Gasteiger partial charge is 0.490 e. The maximum Gasteiger partial charge on any atom is 0.223 e. The van der Waals surface area contributed by atoms with Gasteiger partial charge in [0.1, 0.15) is 5.82 Å². The first-order chi connectivity index (χ1) is 14.3. The van der Waals surface area contributed by atoms with Crippen molar-refractivity contribution in [3.63, 3.8) is 0 Å². The van der Waals surface area contributed by atoms with Crippen LogP contribution in [0.25, 0.3) is 11.0 Å². The summed E-state index contributed by atoms with van der Waals surface area (Å²) in [4.78, 5) is 22.9. The molecule has 1 fully saturated rings. The zero-order valence-corrected chi connectivity index (χ0v) is 16.4. The second kappa shape index (κ2) is 7.78. The Bertz CT molecular complexity index is 996. The van der Waals surface area contributed by atoms with Crippen molar-refractivity contribution in [3.8, 4) is 11.5 Å². The van der Waals surface area contributed by atoms with Crippen molar-refractivity contribution in [2.45, 2.75) is 38.1 Å². The molecule has 0 radical (unpaired) electrons. The van der Waals surface area contributed by atoms with Gasteiger partial charge in [-0.25, -0.2) is 4.98 Å². The lowest BCUT2D eigenvalue weighted by molar-refractivity contribution is -0.132. The molecule has 1 saturated heterocycles. The van der Waals surface area contributed by atoms with Crippen molar-refractivity contribution in [1.29, 1.82) is 0 Å². The number of aryl methyl sites for hydroxylation is 1. The maximum absolute atomic E-state index is 13.0. The fourth-order valence-corrected chi connectivity index (χ4v) is 4.29. The van der Waals surface area contributed by atoms with E-state index in [4.69, 9.17) is 9.47 Å². The van der Waals surface area contributed by atoms with Gasteiger partial charge in [-0.2, -0.15) is 0 Å². The van der Waals surface area contributed by atoms with Crippen molar-refractivity contribution in [3.05, 3.63) is 53.9 Å². The first-order valence-electron chi connectivity index (χ1n) is 10.4. The van der Waals surface area contributed by atoms with Crippen LogP contribution in [0.5, 0.6) is 11.5 Å². The van der Waals surface area contributed by atoms with Crippen molar-refractivity contribution in [1.82, 2.24) is 14.9 Å². The first-order valence-corrected chi connectivity index (χ1v) is 10.4. The molecule has 1 amide bonds. The van der Waals surface area contributed by atoms with Gasteiger partial charge < -0.3 is 19.4 Å². The molecule has 1 aromatic heterocycles. The number of nitrogens with one attached hydrogen (secondary N) is 1. The summed E-state index contributed by atoms with van der Waals surface area (Å²) >= 11 is 0. The number of para-hydroxylation sites is 2. The third-order valence-electron chi connectivity index (χ3n) is 5.74. The summed E-state index contributed by atoms with van der Waals surface area (Å²) in [6, 6.07) is 14.2. The van der Waals surface area contributed by atoms with E-state index in [0.717, 1.165) is 59.7 Å². The molecule has 1 atom stereocenters. The number of ether oxygens (including phenoxy) is 2. The highest BCUT2D eigenvalue weighted by molar-refractivity contribution is 5.78. The Morgan fingerprint density at radius 3 is 2.86 bits per heavy atom. The van der Waals surface area contributed by atoms with Gasteiger partial charge in [0.2, 0.25) is 5.91 Å². The average Bonchev–Trinajstić information content (AvgIpc) is 3.33. The fourth-order valence-electron chi connectivity index (χ4n) is 4.29. The monoisotopic (exact) mass is 391 g/mol. The highest BCUT2D eigenvalue weighted by Gasteiger charge is 2.30. The Morgan fingerprint density at radius 1 is 1.10 bits per heavy atom. The third kappa shape index (κ3) is 3.67. The van der Waals surface area contributed by atoms with Gasteiger partial charge in [-0.1, -0.05) is 18.2 Å². The molecule has 6 nitrogen and oxygen atoms in total. The zero-order valence-electron chi connectivity index (χ0n) is 16.4. The fraction of sp³-hybridized carbons (Fsp3) is 0.391. The molecule has 2 aromatic carbocycles. The van der Waals surface area contributed by atoms with Gasteiger partial charge in [0.25, 0.3) is 0 Å². The van der Waals surface area contributed by atoms with Crippen LogP contribution in [-0.2, 0) is 11.2 Å². The lowest BCUT2D eigenvalue weighted by atomic mass is 10.0. The second-order valence-corrected chi connectivity index (χ2v) is 7.70. The van der Waals surface area contributed by atoms with E-state index < -0.39 is 0 Å². The molecule has 2 aliphatic heterocycles. The quantitative estimate of drug-likeness (QED) is 0.729. The number of nitrogens with zero attached hydrogens (tertiary/aromatic N) is 2. The Hall–Kier alpha value is -3.02. The Balaban J connectivity index is 1.28. The van der Waals surface area contributed by atoms with Crippen molar-refractivity contribution >= 4 is 16.9 Å². The number of likely N-dealkylation sites (tertiary alicyclic amines) is 1. The summed E-state index contributed by atoms with van der Waals surface area (Å²) in [5.41, 5.74) is 3.09. The van der Waals surface area contributed by atoms with Crippen LogP contribution in [-0.4, -0.2) is 40.5 Å². The number of rotatable bonds is 4. The van der Waals surface area contributed by atoms with E-state index in [1.807, 2.05) is 35.2 Å². The van der Waals surface area contributed by atoms with Crippen LogP contribution in [0.4, 0.5) is 0 Å². The van der Waals surface area contributed by atoms with Crippen LogP contribution >= 0.6 is 0 Å². The Kier molecular flexibility index (Phi) is 4.84. The predicted molar refractivity (Wildman–Crippen MR) is 110 cm³/mol. The molecule has 150 valence electrons. The predicted octanol–water partition coefficient (Wildman–Crippen LogP) is 4.02. The number of fused-ring (bicyclic) bond motifs is 2. The van der Waals surface area contributed by atoms with Crippen LogP contribution in [0, 0.1) is 0 Å². The topological polar surface area (TPSA) is 67.5 Å². The van der Waals surface area contributed by atoms with E-state index in [9.17, 15) is 4.79 Å². The van der Waals surface area contributed by atoms with E-state index >= 15 is 0 Å². The number of benzene rings is 2. The van der Waals surface area contributed by atoms with E-state index in [-0.39, 0.29) is 11.9 Å². The van der Waals surface area contributed by atoms with E-state index in [1.54, 1.807) is 0 Å². The van der Waals surface area contributed by atoms with Gasteiger partial charge in [0.15, 0.2) is 11.5 Å². The molecule has 6 heteroatoms. The lowest BCUT2D eigenvalue weighted by Gasteiger charge is -2.25. The van der Waals surface area contributed by atoms with E-state index in [1.165, 1.54) is 0 Å². The average molecular weight is 391 g/mol. The van der Waals surface area contributed by atoms with Gasteiger partial charge in [-0.05, 0) is 42.7 Å². The molecule has 0 aliphatic carbocycles. The van der Waals surface area contributed by atoms with E-state index in [2.05, 4.69) is 22.1 Å². The second-order valence-electron chi connectivity index (χ2n) is 7.70. The van der Waals surface area contributed by atoms with Crippen LogP contribution in [0.15, 0.2) is 42.5 Å². The summed E-state index contributed by atoms with van der Waals surface area (Å²) in [7, 11) is 0. The minimum atomic E-state index is 0.107. The SMILES string of the molecule is O=C(CCc1nc2ccccc2[nH]1)N1CCC[C@H]1c1ccc2c(c1)OCCCO2. The summed E-state index contributed by atoms with van der Waals surface area (Å²) in [6.07, 6.45) is 3.98. The smallest absolute Gasteiger partial charge is 0.223 e. The molecule has 1 N–H and O–H groups in total. The number of hydrogen-bond acceptors (Lipinski definition) is 4. The number of amides is 1. The molecule has 0 bridgehead atoms. The molecular formula is C23H25N3O3. The number of aromatic nitrogens is 2. The molecule has 0 unspecified atom stereocenters. The molecular weight excluding hydrogens is 366 g/mol. The molecule has 3 aromatic rings. The number of imidazole rings is 1. The highest BCUT2D eigenvalue weighted by Crippen LogP contribution is 2.38. The van der Waals surface area contributed by atoms with Gasteiger partial charge in [0.05, 0.1) is 30.3 Å². The third-order valence-corrected chi connectivity index (χ3v) is 5.74.